The summed E-state index contributed by atoms with van der Waals surface area (Å²) in [7, 11) is 0. The van der Waals surface area contributed by atoms with Gasteiger partial charge in [-0.1, -0.05) is 36.4 Å². The molecule has 0 bridgehead atoms. The van der Waals surface area contributed by atoms with Crippen LogP contribution in [0.15, 0.2) is 95.0 Å². The molecule has 2 aliphatic rings. The summed E-state index contributed by atoms with van der Waals surface area (Å²) in [6.45, 7) is 2.82. The van der Waals surface area contributed by atoms with Gasteiger partial charge in [0.15, 0.2) is 5.17 Å². The topological polar surface area (TPSA) is 69.0 Å². The molecule has 9 heteroatoms. The molecule has 4 aromatic rings. The zero-order valence-corrected chi connectivity index (χ0v) is 21.8. The van der Waals surface area contributed by atoms with E-state index in [1.165, 1.54) is 17.8 Å². The van der Waals surface area contributed by atoms with Crippen LogP contribution in [-0.4, -0.2) is 52.1 Å². The molecule has 0 atom stereocenters. The molecular formula is C30H25FN4O3S. The van der Waals surface area contributed by atoms with E-state index in [2.05, 4.69) is 9.89 Å². The quantitative estimate of drug-likeness (QED) is 0.298. The van der Waals surface area contributed by atoms with E-state index in [9.17, 15) is 9.18 Å². The van der Waals surface area contributed by atoms with Crippen molar-refractivity contribution in [2.75, 3.05) is 26.3 Å². The highest BCUT2D eigenvalue weighted by atomic mass is 32.2. The van der Waals surface area contributed by atoms with E-state index in [1.54, 1.807) is 22.9 Å². The number of ether oxygens (including phenoxy) is 2. The number of nitrogens with zero attached hydrogens (tertiary/aromatic N) is 4. The first-order chi connectivity index (χ1) is 19.1. The van der Waals surface area contributed by atoms with Crippen LogP contribution in [0.3, 0.4) is 0 Å². The van der Waals surface area contributed by atoms with Crippen LogP contribution in [0.25, 0.3) is 23.0 Å². The maximum atomic E-state index is 14.0. The van der Waals surface area contributed by atoms with Crippen molar-refractivity contribution in [1.29, 1.82) is 0 Å². The molecular weight excluding hydrogens is 515 g/mol. The van der Waals surface area contributed by atoms with Gasteiger partial charge in [-0.3, -0.25) is 4.79 Å². The summed E-state index contributed by atoms with van der Waals surface area (Å²) in [4.78, 5) is 19.7. The van der Waals surface area contributed by atoms with Crippen LogP contribution in [0, 0.1) is 5.82 Å². The molecule has 7 nitrogen and oxygen atoms in total. The fourth-order valence-corrected chi connectivity index (χ4v) is 5.30. The molecule has 1 fully saturated rings. The molecule has 0 radical (unpaired) electrons. The van der Waals surface area contributed by atoms with Gasteiger partial charge < -0.3 is 14.4 Å². The van der Waals surface area contributed by atoms with E-state index < -0.39 is 0 Å². The number of halogens is 1. The Hall–Kier alpha value is -4.21. The molecule has 0 aliphatic carbocycles. The Balaban J connectivity index is 1.27. The van der Waals surface area contributed by atoms with Crippen LogP contribution in [0.2, 0.25) is 0 Å². The largest absolute Gasteiger partial charge is 0.489 e. The molecule has 6 rings (SSSR count). The van der Waals surface area contributed by atoms with Crippen LogP contribution < -0.4 is 4.74 Å². The van der Waals surface area contributed by atoms with Crippen molar-refractivity contribution >= 4 is 28.9 Å². The predicted octanol–water partition coefficient (Wildman–Crippen LogP) is 5.56. The van der Waals surface area contributed by atoms with Gasteiger partial charge >= 0.3 is 0 Å². The molecule has 196 valence electrons. The number of benzene rings is 3. The number of hydrogen-bond acceptors (Lipinski definition) is 6. The average Bonchev–Trinajstić information content (AvgIpc) is 3.57. The lowest BCUT2D eigenvalue weighted by Gasteiger charge is -2.27. The molecule has 0 spiro atoms. The van der Waals surface area contributed by atoms with E-state index in [4.69, 9.17) is 14.6 Å². The van der Waals surface area contributed by atoms with Crippen molar-refractivity contribution in [3.8, 4) is 22.7 Å². The van der Waals surface area contributed by atoms with Crippen LogP contribution in [-0.2, 0) is 16.1 Å². The van der Waals surface area contributed by atoms with Gasteiger partial charge in [0.25, 0.3) is 5.91 Å². The van der Waals surface area contributed by atoms with Crippen molar-refractivity contribution in [2.45, 2.75) is 6.61 Å². The van der Waals surface area contributed by atoms with E-state index in [0.29, 0.717) is 34.6 Å². The maximum Gasteiger partial charge on any atom is 0.286 e. The molecule has 0 saturated carbocycles. The summed E-state index contributed by atoms with van der Waals surface area (Å²) in [6.07, 6.45) is 3.77. The standard InChI is InChI=1S/C30H25FN4O3S/c31-26-9-5-4-6-22(26)20-38-25-12-10-21(11-13-25)28-23(19-35(33-28)24-7-2-1-3-8-24)18-27-29(36)32-30(39-27)34-14-16-37-17-15-34/h1-13,18-19H,14-17,20H2/b27-18-. The summed E-state index contributed by atoms with van der Waals surface area (Å²) in [5.74, 6) is 0.0737. The van der Waals surface area contributed by atoms with Crippen molar-refractivity contribution in [3.63, 3.8) is 0 Å². The van der Waals surface area contributed by atoms with Gasteiger partial charge in [0.05, 0.1) is 29.5 Å². The van der Waals surface area contributed by atoms with Crippen molar-refractivity contribution in [2.24, 2.45) is 4.99 Å². The average molecular weight is 541 g/mol. The van der Waals surface area contributed by atoms with E-state index in [1.807, 2.05) is 66.9 Å². The first-order valence-electron chi connectivity index (χ1n) is 12.6. The number of morpholine rings is 1. The van der Waals surface area contributed by atoms with Crippen LogP contribution in [0.1, 0.15) is 11.1 Å². The molecule has 0 unspecified atom stereocenters. The second-order valence-corrected chi connectivity index (χ2v) is 10.0. The van der Waals surface area contributed by atoms with Gasteiger partial charge in [0.1, 0.15) is 18.2 Å². The van der Waals surface area contributed by atoms with Crippen molar-refractivity contribution in [3.05, 3.63) is 107 Å². The minimum atomic E-state index is -0.293. The number of amidine groups is 1. The molecule has 2 aliphatic heterocycles. The number of rotatable bonds is 6. The molecule has 1 aromatic heterocycles. The number of amides is 1. The first kappa shape index (κ1) is 25.1. The van der Waals surface area contributed by atoms with Gasteiger partial charge in [0, 0.05) is 36.0 Å². The Morgan fingerprint density at radius 1 is 0.974 bits per heavy atom. The Morgan fingerprint density at radius 2 is 1.72 bits per heavy atom. The number of thioether (sulfide) groups is 1. The monoisotopic (exact) mass is 540 g/mol. The third-order valence-corrected chi connectivity index (χ3v) is 7.47. The summed E-state index contributed by atoms with van der Waals surface area (Å²) in [5, 5.41) is 5.57. The minimum absolute atomic E-state index is 0.136. The van der Waals surface area contributed by atoms with Gasteiger partial charge in [0.2, 0.25) is 0 Å². The summed E-state index contributed by atoms with van der Waals surface area (Å²) in [6, 6.07) is 23.9. The summed E-state index contributed by atoms with van der Waals surface area (Å²) < 4.78 is 27.0. The molecule has 0 N–H and O–H groups in total. The number of carbonyl (C=O) groups excluding carboxylic acids is 1. The molecule has 3 heterocycles. The van der Waals surface area contributed by atoms with E-state index in [0.717, 1.165) is 35.6 Å². The number of carbonyl (C=O) groups is 1. The van der Waals surface area contributed by atoms with Gasteiger partial charge in [-0.05, 0) is 60.3 Å². The molecule has 1 amide bonds. The maximum absolute atomic E-state index is 14.0. The van der Waals surface area contributed by atoms with Crippen LogP contribution >= 0.6 is 11.8 Å². The van der Waals surface area contributed by atoms with Gasteiger partial charge in [-0.2, -0.15) is 10.1 Å². The molecule has 3 aromatic carbocycles. The third-order valence-electron chi connectivity index (χ3n) is 6.42. The van der Waals surface area contributed by atoms with E-state index in [-0.39, 0.29) is 18.3 Å². The second-order valence-electron chi connectivity index (χ2n) is 9.03. The Labute approximate surface area is 229 Å². The predicted molar refractivity (Wildman–Crippen MR) is 150 cm³/mol. The summed E-state index contributed by atoms with van der Waals surface area (Å²) in [5.41, 5.74) is 3.78. The Bertz CT molecular complexity index is 1540. The minimum Gasteiger partial charge on any atom is -0.489 e. The van der Waals surface area contributed by atoms with Gasteiger partial charge in [-0.15, -0.1) is 0 Å². The number of aromatic nitrogens is 2. The Kier molecular flexibility index (Phi) is 7.25. The Morgan fingerprint density at radius 3 is 2.49 bits per heavy atom. The molecule has 1 saturated heterocycles. The highest BCUT2D eigenvalue weighted by Crippen LogP contribution is 2.34. The second kappa shape index (κ2) is 11.3. The third kappa shape index (κ3) is 5.64. The fraction of sp³-hybridized carbons (Fsp3) is 0.167. The highest BCUT2D eigenvalue weighted by molar-refractivity contribution is 8.18. The van der Waals surface area contributed by atoms with Crippen molar-refractivity contribution < 1.29 is 18.7 Å². The lowest BCUT2D eigenvalue weighted by Crippen LogP contribution is -2.38. The smallest absolute Gasteiger partial charge is 0.286 e. The van der Waals surface area contributed by atoms with Crippen LogP contribution in [0.4, 0.5) is 4.39 Å². The lowest BCUT2D eigenvalue weighted by atomic mass is 10.1. The zero-order valence-electron chi connectivity index (χ0n) is 21.0. The van der Waals surface area contributed by atoms with E-state index >= 15 is 0 Å². The van der Waals surface area contributed by atoms with Gasteiger partial charge in [-0.25, -0.2) is 9.07 Å². The van der Waals surface area contributed by atoms with Crippen LogP contribution in [0.5, 0.6) is 5.75 Å². The summed E-state index contributed by atoms with van der Waals surface area (Å²) >= 11 is 1.38. The van der Waals surface area contributed by atoms with Crippen molar-refractivity contribution in [1.82, 2.24) is 14.7 Å². The fourth-order valence-electron chi connectivity index (χ4n) is 4.34. The first-order valence-corrected chi connectivity index (χ1v) is 13.4. The lowest BCUT2D eigenvalue weighted by molar-refractivity contribution is -0.113. The normalized spacial score (nSPS) is 16.5. The zero-order chi connectivity index (χ0) is 26.6. The molecule has 39 heavy (non-hydrogen) atoms. The number of para-hydroxylation sites is 1. The highest BCUT2D eigenvalue weighted by Gasteiger charge is 2.28. The number of aliphatic imine (C=N–C) groups is 1. The SMILES string of the molecule is O=C1N=C(N2CCOCC2)S/C1=C\c1cn(-c2ccccc2)nc1-c1ccc(OCc2ccccc2F)cc1. The number of hydrogen-bond donors (Lipinski definition) is 0.